The summed E-state index contributed by atoms with van der Waals surface area (Å²) >= 11 is 0. The lowest BCUT2D eigenvalue weighted by molar-refractivity contribution is -0.143. The normalized spacial score (nSPS) is 27.1. The molecule has 2 heterocycles. The molecule has 2 N–H and O–H groups in total. The highest BCUT2D eigenvalue weighted by atomic mass is 127. The van der Waals surface area contributed by atoms with Gasteiger partial charge in [0.2, 0.25) is 0 Å². The monoisotopic (exact) mass is 436 g/mol. The number of likely N-dealkylation sites (tertiary alicyclic amines) is 2. The minimum atomic E-state index is -4.14. The Balaban J connectivity index is 0.00000242. The summed E-state index contributed by atoms with van der Waals surface area (Å²) in [5.41, 5.74) is 0. The van der Waals surface area contributed by atoms with Crippen LogP contribution in [0.5, 0.6) is 0 Å². The molecular formula is C13H24F3IN4O. The van der Waals surface area contributed by atoms with Crippen LogP contribution in [0.2, 0.25) is 0 Å². The zero-order valence-corrected chi connectivity index (χ0v) is 15.0. The van der Waals surface area contributed by atoms with E-state index in [1.807, 2.05) is 11.8 Å². The fraction of sp³-hybridized carbons (Fsp3) is 0.923. The van der Waals surface area contributed by atoms with Crippen molar-refractivity contribution in [1.29, 1.82) is 0 Å². The Hall–Kier alpha value is -0.290. The molecule has 0 bridgehead atoms. The lowest BCUT2D eigenvalue weighted by atomic mass is 10.3. The second-order valence-corrected chi connectivity index (χ2v) is 5.67. The summed E-state index contributed by atoms with van der Waals surface area (Å²) < 4.78 is 37.2. The first-order valence-corrected chi connectivity index (χ1v) is 7.40. The van der Waals surface area contributed by atoms with Gasteiger partial charge >= 0.3 is 6.18 Å². The Morgan fingerprint density at radius 2 is 2.00 bits per heavy atom. The number of halogens is 4. The predicted molar refractivity (Wildman–Crippen MR) is 89.6 cm³/mol. The highest BCUT2D eigenvalue weighted by Gasteiger charge is 2.35. The molecule has 2 fully saturated rings. The number of rotatable bonds is 3. The second kappa shape index (κ2) is 8.53. The van der Waals surface area contributed by atoms with Gasteiger partial charge in [-0.3, -0.25) is 9.89 Å². The molecule has 2 rings (SSSR count). The maximum Gasteiger partial charge on any atom is 0.401 e. The SMILES string of the molecule is CCN=C(NC1CCN(CC(F)(F)F)C1)N1CC[C@@H](O)C1.I. The molecule has 0 saturated carbocycles. The molecule has 0 aromatic carbocycles. The van der Waals surface area contributed by atoms with Gasteiger partial charge in [-0.05, 0) is 19.8 Å². The molecule has 130 valence electrons. The first kappa shape index (κ1) is 19.8. The Morgan fingerprint density at radius 1 is 1.27 bits per heavy atom. The summed E-state index contributed by atoms with van der Waals surface area (Å²) in [5.74, 6) is 0.702. The fourth-order valence-corrected chi connectivity index (χ4v) is 2.85. The van der Waals surface area contributed by atoms with E-state index in [0.29, 0.717) is 45.0 Å². The van der Waals surface area contributed by atoms with Crippen LogP contribution < -0.4 is 5.32 Å². The number of aliphatic hydroxyl groups excluding tert-OH is 1. The smallest absolute Gasteiger partial charge is 0.391 e. The molecule has 0 radical (unpaired) electrons. The molecule has 5 nitrogen and oxygen atoms in total. The van der Waals surface area contributed by atoms with Crippen LogP contribution in [-0.4, -0.2) is 78.5 Å². The van der Waals surface area contributed by atoms with Crippen LogP contribution in [0.4, 0.5) is 13.2 Å². The van der Waals surface area contributed by atoms with E-state index in [-0.39, 0.29) is 36.1 Å². The minimum absolute atomic E-state index is 0. The molecule has 2 saturated heterocycles. The Kier molecular flexibility index (Phi) is 7.66. The molecule has 2 atom stereocenters. The zero-order valence-electron chi connectivity index (χ0n) is 12.6. The van der Waals surface area contributed by atoms with E-state index in [0.717, 1.165) is 6.54 Å². The maximum absolute atomic E-state index is 12.4. The fourth-order valence-electron chi connectivity index (χ4n) is 2.85. The summed E-state index contributed by atoms with van der Waals surface area (Å²) in [4.78, 5) is 7.77. The molecule has 1 unspecified atom stereocenters. The van der Waals surface area contributed by atoms with Crippen molar-refractivity contribution < 1.29 is 18.3 Å². The summed E-state index contributed by atoms with van der Waals surface area (Å²) in [6.45, 7) is 3.75. The van der Waals surface area contributed by atoms with Crippen LogP contribution >= 0.6 is 24.0 Å². The number of alkyl halides is 3. The number of nitrogens with one attached hydrogen (secondary N) is 1. The van der Waals surface area contributed by atoms with Crippen molar-refractivity contribution in [1.82, 2.24) is 15.1 Å². The van der Waals surface area contributed by atoms with Crippen molar-refractivity contribution in [2.75, 3.05) is 39.3 Å². The van der Waals surface area contributed by atoms with Crippen molar-refractivity contribution in [2.24, 2.45) is 4.99 Å². The maximum atomic E-state index is 12.4. The van der Waals surface area contributed by atoms with Gasteiger partial charge in [0.05, 0.1) is 12.6 Å². The highest BCUT2D eigenvalue weighted by Crippen LogP contribution is 2.20. The molecule has 2 aliphatic rings. The summed E-state index contributed by atoms with van der Waals surface area (Å²) in [5, 5.41) is 12.8. The third kappa shape index (κ3) is 6.07. The van der Waals surface area contributed by atoms with Gasteiger partial charge in [-0.25, -0.2) is 0 Å². The molecule has 0 spiro atoms. The summed E-state index contributed by atoms with van der Waals surface area (Å²) in [6, 6.07) is -0.0182. The highest BCUT2D eigenvalue weighted by molar-refractivity contribution is 14.0. The lowest BCUT2D eigenvalue weighted by Gasteiger charge is -2.25. The topological polar surface area (TPSA) is 51.1 Å². The minimum Gasteiger partial charge on any atom is -0.391 e. The number of hydrogen-bond donors (Lipinski definition) is 2. The average molecular weight is 436 g/mol. The van der Waals surface area contributed by atoms with Gasteiger partial charge in [-0.15, -0.1) is 24.0 Å². The molecule has 0 aliphatic carbocycles. The average Bonchev–Trinajstić information content (AvgIpc) is 2.96. The van der Waals surface area contributed by atoms with Crippen LogP contribution in [0.3, 0.4) is 0 Å². The van der Waals surface area contributed by atoms with E-state index in [2.05, 4.69) is 10.3 Å². The van der Waals surface area contributed by atoms with Crippen LogP contribution in [0.1, 0.15) is 19.8 Å². The Morgan fingerprint density at radius 3 is 2.55 bits per heavy atom. The molecular weight excluding hydrogens is 412 g/mol. The summed E-state index contributed by atoms with van der Waals surface area (Å²) in [7, 11) is 0. The second-order valence-electron chi connectivity index (χ2n) is 5.67. The van der Waals surface area contributed by atoms with Crippen LogP contribution in [0.25, 0.3) is 0 Å². The Bertz CT molecular complexity index is 381. The largest absolute Gasteiger partial charge is 0.401 e. The van der Waals surface area contributed by atoms with E-state index in [1.54, 1.807) is 0 Å². The third-order valence-corrected chi connectivity index (χ3v) is 3.78. The van der Waals surface area contributed by atoms with Crippen LogP contribution in [0, 0.1) is 0 Å². The van der Waals surface area contributed by atoms with Gasteiger partial charge in [-0.1, -0.05) is 0 Å². The van der Waals surface area contributed by atoms with Gasteiger partial charge in [0.25, 0.3) is 0 Å². The first-order chi connectivity index (χ1) is 9.87. The third-order valence-electron chi connectivity index (χ3n) is 3.78. The number of aliphatic hydroxyl groups is 1. The van der Waals surface area contributed by atoms with Gasteiger partial charge < -0.3 is 15.3 Å². The van der Waals surface area contributed by atoms with E-state index in [4.69, 9.17) is 0 Å². The zero-order chi connectivity index (χ0) is 15.5. The number of hydrogen-bond acceptors (Lipinski definition) is 3. The van der Waals surface area contributed by atoms with E-state index >= 15 is 0 Å². The first-order valence-electron chi connectivity index (χ1n) is 7.40. The standard InChI is InChI=1S/C13H23F3N4O.HI/c1-2-17-12(20-6-4-11(21)8-20)18-10-3-5-19(7-10)9-13(14,15)16;/h10-11,21H,2-9H2,1H3,(H,17,18);1H/t10?,11-;/m1./s1. The van der Waals surface area contributed by atoms with E-state index < -0.39 is 12.7 Å². The van der Waals surface area contributed by atoms with Crippen molar-refractivity contribution in [3.8, 4) is 0 Å². The molecule has 0 amide bonds. The number of β-amino-alcohol motifs (C(OH)–C–C–N with tert-alkyl or cyclic N) is 1. The number of nitrogens with zero attached hydrogens (tertiary/aromatic N) is 3. The molecule has 0 aromatic rings. The Labute approximate surface area is 146 Å². The van der Waals surface area contributed by atoms with Crippen LogP contribution in [0.15, 0.2) is 4.99 Å². The molecule has 9 heteroatoms. The van der Waals surface area contributed by atoms with Crippen LogP contribution in [-0.2, 0) is 0 Å². The summed E-state index contributed by atoms with van der Waals surface area (Å²) in [6.07, 6.45) is -3.11. The molecule has 2 aliphatic heterocycles. The number of aliphatic imine (C=N–C) groups is 1. The van der Waals surface area contributed by atoms with E-state index in [9.17, 15) is 18.3 Å². The van der Waals surface area contributed by atoms with E-state index in [1.165, 1.54) is 4.90 Å². The predicted octanol–water partition coefficient (Wildman–Crippen LogP) is 1.27. The van der Waals surface area contributed by atoms with Crippen molar-refractivity contribution >= 4 is 29.9 Å². The van der Waals surface area contributed by atoms with Gasteiger partial charge in [-0.2, -0.15) is 13.2 Å². The van der Waals surface area contributed by atoms with Crippen molar-refractivity contribution in [2.45, 2.75) is 38.1 Å². The van der Waals surface area contributed by atoms with Crippen molar-refractivity contribution in [3.63, 3.8) is 0 Å². The number of guanidine groups is 1. The van der Waals surface area contributed by atoms with Gasteiger partial charge in [0.1, 0.15) is 0 Å². The van der Waals surface area contributed by atoms with Crippen molar-refractivity contribution in [3.05, 3.63) is 0 Å². The molecule has 0 aromatic heterocycles. The molecule has 22 heavy (non-hydrogen) atoms. The van der Waals surface area contributed by atoms with Gasteiger partial charge in [0.15, 0.2) is 5.96 Å². The lowest BCUT2D eigenvalue weighted by Crippen LogP contribution is -2.47. The quantitative estimate of drug-likeness (QED) is 0.398. The van der Waals surface area contributed by atoms with Gasteiger partial charge in [0, 0.05) is 38.8 Å².